The summed E-state index contributed by atoms with van der Waals surface area (Å²) in [7, 11) is 1.91. The molecule has 1 aliphatic rings. The van der Waals surface area contributed by atoms with Gasteiger partial charge in [0.05, 0.1) is 12.1 Å². The highest BCUT2D eigenvalue weighted by molar-refractivity contribution is 5.82. The summed E-state index contributed by atoms with van der Waals surface area (Å²) in [4.78, 5) is 14.5. The SMILES string of the molecule is Cc1ccccc1OCCN(C)C(C)C(=O)NC1(C#N)CCCCC1. The molecule has 1 atom stereocenters. The molecule has 136 valence electrons. The molecule has 0 aromatic heterocycles. The molecule has 0 bridgehead atoms. The highest BCUT2D eigenvalue weighted by atomic mass is 16.5. The number of carbonyl (C=O) groups excluding carboxylic acids is 1. The van der Waals surface area contributed by atoms with Crippen molar-refractivity contribution < 1.29 is 9.53 Å². The molecule has 5 nitrogen and oxygen atoms in total. The quantitative estimate of drug-likeness (QED) is 0.826. The standard InChI is InChI=1S/C20H29N3O2/c1-16-9-5-6-10-18(16)25-14-13-23(3)17(2)19(24)22-20(15-21)11-7-4-8-12-20/h5-6,9-10,17H,4,7-8,11-14H2,1-3H3,(H,22,24). The van der Waals surface area contributed by atoms with E-state index in [1.54, 1.807) is 0 Å². The second-order valence-electron chi connectivity index (χ2n) is 7.01. The topological polar surface area (TPSA) is 65.4 Å². The number of aryl methyl sites for hydroxylation is 1. The third kappa shape index (κ3) is 5.20. The maximum absolute atomic E-state index is 12.6. The van der Waals surface area contributed by atoms with E-state index in [4.69, 9.17) is 4.74 Å². The molecule has 1 aliphatic carbocycles. The Morgan fingerprint density at radius 3 is 2.68 bits per heavy atom. The van der Waals surface area contributed by atoms with Crippen LogP contribution in [0, 0.1) is 18.3 Å². The van der Waals surface area contributed by atoms with Crippen LogP contribution < -0.4 is 10.1 Å². The third-order valence-corrected chi connectivity index (χ3v) is 5.12. The molecule has 0 spiro atoms. The molecule has 1 fully saturated rings. The van der Waals surface area contributed by atoms with Crippen LogP contribution >= 0.6 is 0 Å². The van der Waals surface area contributed by atoms with Crippen molar-refractivity contribution in [3.8, 4) is 11.8 Å². The fraction of sp³-hybridized carbons (Fsp3) is 0.600. The smallest absolute Gasteiger partial charge is 0.238 e. The minimum Gasteiger partial charge on any atom is -0.492 e. The lowest BCUT2D eigenvalue weighted by molar-refractivity contribution is -0.127. The molecule has 0 radical (unpaired) electrons. The fourth-order valence-electron chi connectivity index (χ4n) is 3.17. The van der Waals surface area contributed by atoms with Crippen LogP contribution in [0.25, 0.3) is 0 Å². The van der Waals surface area contributed by atoms with Gasteiger partial charge < -0.3 is 10.1 Å². The van der Waals surface area contributed by atoms with E-state index < -0.39 is 5.54 Å². The predicted octanol–water partition coefficient (Wildman–Crippen LogP) is 3.04. The molecule has 1 N–H and O–H groups in total. The van der Waals surface area contributed by atoms with Gasteiger partial charge in [0.25, 0.3) is 0 Å². The molecule has 5 heteroatoms. The van der Waals surface area contributed by atoms with Gasteiger partial charge in [-0.25, -0.2) is 0 Å². The molecule has 1 aromatic carbocycles. The average molecular weight is 343 g/mol. The second-order valence-corrected chi connectivity index (χ2v) is 7.01. The van der Waals surface area contributed by atoms with Gasteiger partial charge >= 0.3 is 0 Å². The Hall–Kier alpha value is -2.06. The van der Waals surface area contributed by atoms with E-state index in [0.717, 1.165) is 43.4 Å². The van der Waals surface area contributed by atoms with E-state index in [1.807, 2.05) is 50.1 Å². The molecule has 1 amide bonds. The Kier molecular flexibility index (Phi) is 6.83. The van der Waals surface area contributed by atoms with E-state index in [0.29, 0.717) is 13.2 Å². The summed E-state index contributed by atoms with van der Waals surface area (Å²) in [6, 6.07) is 9.94. The molecule has 0 saturated heterocycles. The summed E-state index contributed by atoms with van der Waals surface area (Å²) < 4.78 is 5.80. The Labute approximate surface area is 151 Å². The molecule has 0 aliphatic heterocycles. The molecular weight excluding hydrogens is 314 g/mol. The molecule has 25 heavy (non-hydrogen) atoms. The van der Waals surface area contributed by atoms with Crippen LogP contribution in [0.3, 0.4) is 0 Å². The maximum atomic E-state index is 12.6. The van der Waals surface area contributed by atoms with Crippen LogP contribution in [0.15, 0.2) is 24.3 Å². The van der Waals surface area contributed by atoms with Crippen LogP contribution in [0.2, 0.25) is 0 Å². The number of carbonyl (C=O) groups is 1. The average Bonchev–Trinajstić information content (AvgIpc) is 2.63. The first-order chi connectivity index (χ1) is 12.0. The largest absolute Gasteiger partial charge is 0.492 e. The lowest BCUT2D eigenvalue weighted by atomic mass is 9.82. The van der Waals surface area contributed by atoms with E-state index in [1.165, 1.54) is 0 Å². The van der Waals surface area contributed by atoms with Gasteiger partial charge in [0.15, 0.2) is 0 Å². The highest BCUT2D eigenvalue weighted by Gasteiger charge is 2.35. The zero-order valence-corrected chi connectivity index (χ0v) is 15.5. The van der Waals surface area contributed by atoms with Gasteiger partial charge in [-0.1, -0.05) is 37.5 Å². The van der Waals surface area contributed by atoms with Crippen molar-refractivity contribution in [1.82, 2.24) is 10.2 Å². The van der Waals surface area contributed by atoms with E-state index >= 15 is 0 Å². The second kappa shape index (κ2) is 8.87. The third-order valence-electron chi connectivity index (χ3n) is 5.12. The van der Waals surface area contributed by atoms with Crippen LogP contribution in [-0.4, -0.2) is 42.6 Å². The first-order valence-corrected chi connectivity index (χ1v) is 9.09. The predicted molar refractivity (Wildman–Crippen MR) is 98.3 cm³/mol. The lowest BCUT2D eigenvalue weighted by Gasteiger charge is -2.34. The monoisotopic (exact) mass is 343 g/mol. The molecule has 2 rings (SSSR count). The van der Waals surface area contributed by atoms with Crippen molar-refractivity contribution in [3.63, 3.8) is 0 Å². The number of nitriles is 1. The van der Waals surface area contributed by atoms with E-state index in [9.17, 15) is 10.1 Å². The van der Waals surface area contributed by atoms with Crippen molar-refractivity contribution in [1.29, 1.82) is 5.26 Å². The molecule has 1 aromatic rings. The summed E-state index contributed by atoms with van der Waals surface area (Å²) >= 11 is 0. The number of likely N-dealkylation sites (N-methyl/N-ethyl adjacent to an activating group) is 1. The van der Waals surface area contributed by atoms with Crippen LogP contribution in [0.5, 0.6) is 5.75 Å². The zero-order chi connectivity index (χ0) is 18.3. The number of nitrogens with one attached hydrogen (secondary N) is 1. The minimum atomic E-state index is -0.678. The number of nitrogens with zero attached hydrogens (tertiary/aromatic N) is 2. The Morgan fingerprint density at radius 1 is 1.36 bits per heavy atom. The van der Waals surface area contributed by atoms with Crippen LogP contribution in [0.1, 0.15) is 44.6 Å². The summed E-state index contributed by atoms with van der Waals surface area (Å²) in [6.45, 7) is 5.04. The summed E-state index contributed by atoms with van der Waals surface area (Å²) in [5.41, 5.74) is 0.423. The summed E-state index contributed by atoms with van der Waals surface area (Å²) in [6.07, 6.45) is 4.65. The summed E-state index contributed by atoms with van der Waals surface area (Å²) in [5.74, 6) is 0.792. The van der Waals surface area contributed by atoms with Crippen molar-refractivity contribution in [2.45, 2.75) is 57.5 Å². The lowest BCUT2D eigenvalue weighted by Crippen LogP contribution is -2.54. The maximum Gasteiger partial charge on any atom is 0.238 e. The van der Waals surface area contributed by atoms with Gasteiger partial charge in [0.1, 0.15) is 17.9 Å². The molecule has 0 heterocycles. The Balaban J connectivity index is 1.82. The van der Waals surface area contributed by atoms with Gasteiger partial charge in [0, 0.05) is 6.54 Å². The van der Waals surface area contributed by atoms with Crippen LogP contribution in [0.4, 0.5) is 0 Å². The number of amides is 1. The van der Waals surface area contributed by atoms with Gasteiger partial charge in [-0.2, -0.15) is 5.26 Å². The van der Waals surface area contributed by atoms with Crippen molar-refractivity contribution in [2.24, 2.45) is 0 Å². The molecule has 1 saturated carbocycles. The van der Waals surface area contributed by atoms with Crippen molar-refractivity contribution in [2.75, 3.05) is 20.2 Å². The van der Waals surface area contributed by atoms with E-state index in [-0.39, 0.29) is 11.9 Å². The molecular formula is C20H29N3O2. The van der Waals surface area contributed by atoms with Crippen LogP contribution in [-0.2, 0) is 4.79 Å². The minimum absolute atomic E-state index is 0.0816. The van der Waals surface area contributed by atoms with Gasteiger partial charge in [0.2, 0.25) is 5.91 Å². The first kappa shape index (κ1) is 19.3. The molecule has 1 unspecified atom stereocenters. The first-order valence-electron chi connectivity index (χ1n) is 9.09. The number of hydrogen-bond acceptors (Lipinski definition) is 4. The van der Waals surface area contributed by atoms with Crippen molar-refractivity contribution >= 4 is 5.91 Å². The Morgan fingerprint density at radius 2 is 2.04 bits per heavy atom. The van der Waals surface area contributed by atoms with Gasteiger partial charge in [-0.05, 0) is 45.4 Å². The van der Waals surface area contributed by atoms with E-state index in [2.05, 4.69) is 11.4 Å². The fourth-order valence-corrected chi connectivity index (χ4v) is 3.17. The number of para-hydroxylation sites is 1. The zero-order valence-electron chi connectivity index (χ0n) is 15.5. The van der Waals surface area contributed by atoms with Gasteiger partial charge in [-0.15, -0.1) is 0 Å². The number of hydrogen-bond donors (Lipinski definition) is 1. The number of benzene rings is 1. The number of ether oxygens (including phenoxy) is 1. The van der Waals surface area contributed by atoms with Crippen molar-refractivity contribution in [3.05, 3.63) is 29.8 Å². The highest BCUT2D eigenvalue weighted by Crippen LogP contribution is 2.27. The Bertz CT molecular complexity index is 618. The number of rotatable bonds is 7. The van der Waals surface area contributed by atoms with Gasteiger partial charge in [-0.3, -0.25) is 9.69 Å². The normalized spacial score (nSPS) is 17.6. The summed E-state index contributed by atoms with van der Waals surface area (Å²) in [5, 5.41) is 12.5.